The number of anilines is 2. The molecule has 0 aliphatic carbocycles. The van der Waals surface area contributed by atoms with Crippen LogP contribution in [0.4, 0.5) is 11.4 Å². The maximum Gasteiger partial charge on any atom is 0.238 e. The molecule has 2 saturated heterocycles. The van der Waals surface area contributed by atoms with Crippen molar-refractivity contribution < 1.29 is 9.59 Å². The fourth-order valence-corrected chi connectivity index (χ4v) is 4.51. The van der Waals surface area contributed by atoms with Crippen LogP contribution in [0.3, 0.4) is 0 Å². The standard InChI is InChI=1S/C20H30N4O2S/c25-19(13-18-15-27-11-8-21-18)22-16-6-5-7-17(12-16)23-20(26)14-24-9-3-1-2-4-10-24/h5-7,12,18,21H,1-4,8-11,13-15H2,(H,22,25)(H,23,26). The van der Waals surface area contributed by atoms with Crippen molar-refractivity contribution in [3.05, 3.63) is 24.3 Å². The molecule has 2 fully saturated rings. The molecule has 0 saturated carbocycles. The van der Waals surface area contributed by atoms with Crippen LogP contribution in [0.5, 0.6) is 0 Å². The highest BCUT2D eigenvalue weighted by atomic mass is 32.2. The number of rotatable bonds is 6. The molecule has 7 heteroatoms. The van der Waals surface area contributed by atoms with Crippen molar-refractivity contribution in [3.63, 3.8) is 0 Å². The normalized spacial score (nSPS) is 21.3. The van der Waals surface area contributed by atoms with Gasteiger partial charge in [0.05, 0.1) is 6.54 Å². The molecule has 6 nitrogen and oxygen atoms in total. The number of benzene rings is 1. The zero-order chi connectivity index (χ0) is 18.9. The van der Waals surface area contributed by atoms with Crippen LogP contribution in [0.1, 0.15) is 32.1 Å². The summed E-state index contributed by atoms with van der Waals surface area (Å²) >= 11 is 1.88. The van der Waals surface area contributed by atoms with E-state index in [1.54, 1.807) is 0 Å². The van der Waals surface area contributed by atoms with Crippen LogP contribution < -0.4 is 16.0 Å². The van der Waals surface area contributed by atoms with Gasteiger partial charge in [0.25, 0.3) is 0 Å². The summed E-state index contributed by atoms with van der Waals surface area (Å²) in [6.07, 6.45) is 5.33. The molecule has 148 valence electrons. The molecular formula is C20H30N4O2S. The Labute approximate surface area is 165 Å². The Morgan fingerprint density at radius 2 is 1.78 bits per heavy atom. The lowest BCUT2D eigenvalue weighted by molar-refractivity contribution is -0.117. The van der Waals surface area contributed by atoms with Gasteiger partial charge in [0.15, 0.2) is 0 Å². The smallest absolute Gasteiger partial charge is 0.238 e. The first-order chi connectivity index (χ1) is 13.2. The van der Waals surface area contributed by atoms with Crippen LogP contribution >= 0.6 is 11.8 Å². The van der Waals surface area contributed by atoms with Gasteiger partial charge in [-0.3, -0.25) is 14.5 Å². The molecule has 2 heterocycles. The van der Waals surface area contributed by atoms with Gasteiger partial charge in [0.2, 0.25) is 11.8 Å². The first-order valence-corrected chi connectivity index (χ1v) is 11.1. The van der Waals surface area contributed by atoms with Gasteiger partial charge in [-0.05, 0) is 44.1 Å². The molecule has 2 aliphatic rings. The van der Waals surface area contributed by atoms with E-state index in [1.165, 1.54) is 25.7 Å². The number of amides is 2. The molecule has 2 aliphatic heterocycles. The van der Waals surface area contributed by atoms with Gasteiger partial charge in [-0.25, -0.2) is 0 Å². The second-order valence-corrected chi connectivity index (χ2v) is 8.45. The molecule has 1 aromatic rings. The summed E-state index contributed by atoms with van der Waals surface area (Å²) in [5, 5.41) is 9.27. The lowest BCUT2D eigenvalue weighted by Crippen LogP contribution is -2.39. The molecule has 1 atom stereocenters. The van der Waals surface area contributed by atoms with Crippen molar-refractivity contribution in [2.75, 3.05) is 48.3 Å². The van der Waals surface area contributed by atoms with Crippen LogP contribution in [0.2, 0.25) is 0 Å². The summed E-state index contributed by atoms with van der Waals surface area (Å²) in [5.41, 5.74) is 1.44. The van der Waals surface area contributed by atoms with Gasteiger partial charge in [-0.2, -0.15) is 11.8 Å². The molecule has 2 amide bonds. The molecule has 3 N–H and O–H groups in total. The molecular weight excluding hydrogens is 360 g/mol. The highest BCUT2D eigenvalue weighted by Gasteiger charge is 2.17. The Morgan fingerprint density at radius 1 is 1.07 bits per heavy atom. The number of likely N-dealkylation sites (tertiary alicyclic amines) is 1. The molecule has 1 aromatic carbocycles. The van der Waals surface area contributed by atoms with Gasteiger partial charge in [-0.1, -0.05) is 18.9 Å². The number of thioether (sulfide) groups is 1. The van der Waals surface area contributed by atoms with E-state index in [1.807, 2.05) is 36.0 Å². The number of carbonyl (C=O) groups is 2. The Hall–Kier alpha value is -1.57. The minimum atomic E-state index is 0.00282. The highest BCUT2D eigenvalue weighted by molar-refractivity contribution is 7.99. The number of hydrogen-bond acceptors (Lipinski definition) is 5. The molecule has 0 spiro atoms. The van der Waals surface area contributed by atoms with Crippen molar-refractivity contribution in [3.8, 4) is 0 Å². The largest absolute Gasteiger partial charge is 0.326 e. The fraction of sp³-hybridized carbons (Fsp3) is 0.600. The summed E-state index contributed by atoms with van der Waals surface area (Å²) in [7, 11) is 0. The van der Waals surface area contributed by atoms with E-state index in [9.17, 15) is 9.59 Å². The van der Waals surface area contributed by atoms with E-state index >= 15 is 0 Å². The molecule has 0 bridgehead atoms. The minimum absolute atomic E-state index is 0.00282. The fourth-order valence-electron chi connectivity index (χ4n) is 3.56. The Morgan fingerprint density at radius 3 is 2.44 bits per heavy atom. The topological polar surface area (TPSA) is 73.5 Å². The van der Waals surface area contributed by atoms with E-state index < -0.39 is 0 Å². The highest BCUT2D eigenvalue weighted by Crippen LogP contribution is 2.17. The lowest BCUT2D eigenvalue weighted by Gasteiger charge is -2.22. The quantitative estimate of drug-likeness (QED) is 0.696. The predicted octanol–water partition coefficient (Wildman–Crippen LogP) is 2.53. The van der Waals surface area contributed by atoms with Crippen molar-refractivity contribution in [2.45, 2.75) is 38.1 Å². The van der Waals surface area contributed by atoms with Crippen LogP contribution in [-0.4, -0.2) is 60.4 Å². The van der Waals surface area contributed by atoms with Crippen molar-refractivity contribution >= 4 is 35.0 Å². The minimum Gasteiger partial charge on any atom is -0.326 e. The van der Waals surface area contributed by atoms with Crippen molar-refractivity contribution in [1.29, 1.82) is 0 Å². The van der Waals surface area contributed by atoms with Crippen molar-refractivity contribution in [2.24, 2.45) is 0 Å². The zero-order valence-electron chi connectivity index (χ0n) is 15.8. The number of nitrogens with zero attached hydrogens (tertiary/aromatic N) is 1. The average Bonchev–Trinajstić information content (AvgIpc) is 2.91. The maximum atomic E-state index is 12.3. The zero-order valence-corrected chi connectivity index (χ0v) is 16.7. The first kappa shape index (κ1) is 20.2. The van der Waals surface area contributed by atoms with E-state index in [4.69, 9.17) is 0 Å². The Bertz CT molecular complexity index is 626. The van der Waals surface area contributed by atoms with Crippen LogP contribution in [0, 0.1) is 0 Å². The van der Waals surface area contributed by atoms with Gasteiger partial charge >= 0.3 is 0 Å². The molecule has 27 heavy (non-hydrogen) atoms. The van der Waals surface area contributed by atoms with Crippen molar-refractivity contribution in [1.82, 2.24) is 10.2 Å². The summed E-state index contributed by atoms with van der Waals surface area (Å²) in [6, 6.07) is 7.62. The molecule has 0 aromatic heterocycles. The summed E-state index contributed by atoms with van der Waals surface area (Å²) in [5.74, 6) is 2.09. The monoisotopic (exact) mass is 390 g/mol. The lowest BCUT2D eigenvalue weighted by atomic mass is 10.2. The van der Waals surface area contributed by atoms with Gasteiger partial charge in [0.1, 0.15) is 0 Å². The maximum absolute atomic E-state index is 12.3. The van der Waals surface area contributed by atoms with E-state index in [-0.39, 0.29) is 17.9 Å². The average molecular weight is 391 g/mol. The third kappa shape index (κ3) is 7.16. The first-order valence-electron chi connectivity index (χ1n) is 9.92. The summed E-state index contributed by atoms with van der Waals surface area (Å²) < 4.78 is 0. The van der Waals surface area contributed by atoms with Crippen LogP contribution in [0.25, 0.3) is 0 Å². The molecule has 1 unspecified atom stereocenters. The second-order valence-electron chi connectivity index (χ2n) is 7.30. The Balaban J connectivity index is 1.47. The predicted molar refractivity (Wildman–Crippen MR) is 112 cm³/mol. The number of carbonyl (C=O) groups excluding carboxylic acids is 2. The SMILES string of the molecule is O=C(CC1CSCCN1)Nc1cccc(NC(=O)CN2CCCCCC2)c1. The summed E-state index contributed by atoms with van der Waals surface area (Å²) in [4.78, 5) is 26.8. The molecule has 0 radical (unpaired) electrons. The summed E-state index contributed by atoms with van der Waals surface area (Å²) in [6.45, 7) is 3.39. The Kier molecular flexibility index (Phi) is 7.98. The molecule has 3 rings (SSSR count). The van der Waals surface area contributed by atoms with Gasteiger partial charge < -0.3 is 16.0 Å². The van der Waals surface area contributed by atoms with E-state index in [2.05, 4.69) is 20.9 Å². The third-order valence-electron chi connectivity index (χ3n) is 4.93. The second kappa shape index (κ2) is 10.7. The third-order valence-corrected chi connectivity index (χ3v) is 6.06. The van der Waals surface area contributed by atoms with Crippen LogP contribution in [-0.2, 0) is 9.59 Å². The van der Waals surface area contributed by atoms with E-state index in [0.717, 1.165) is 42.5 Å². The number of nitrogens with one attached hydrogen (secondary N) is 3. The van der Waals surface area contributed by atoms with Crippen LogP contribution in [0.15, 0.2) is 24.3 Å². The van der Waals surface area contributed by atoms with Gasteiger partial charge in [-0.15, -0.1) is 0 Å². The van der Waals surface area contributed by atoms with Gasteiger partial charge in [0, 0.05) is 41.9 Å². The van der Waals surface area contributed by atoms with E-state index in [0.29, 0.717) is 13.0 Å². The number of hydrogen-bond donors (Lipinski definition) is 3.